The summed E-state index contributed by atoms with van der Waals surface area (Å²) in [6.07, 6.45) is -2.60. The number of fused-ring (bicyclic) bond motifs is 1. The van der Waals surface area contributed by atoms with Crippen molar-refractivity contribution < 1.29 is 22.7 Å². The number of rotatable bonds is 4. The first-order chi connectivity index (χ1) is 15.2. The van der Waals surface area contributed by atoms with Gasteiger partial charge in [-0.25, -0.2) is 4.68 Å². The van der Waals surface area contributed by atoms with Gasteiger partial charge in [0.25, 0.3) is 0 Å². The van der Waals surface area contributed by atoms with Crippen molar-refractivity contribution in [1.82, 2.24) is 9.78 Å². The Morgan fingerprint density at radius 2 is 1.91 bits per heavy atom. The van der Waals surface area contributed by atoms with Crippen LogP contribution >= 0.6 is 0 Å². The molecule has 168 valence electrons. The van der Waals surface area contributed by atoms with E-state index in [-0.39, 0.29) is 12.3 Å². The van der Waals surface area contributed by atoms with Crippen LogP contribution in [0.4, 0.5) is 18.9 Å². The number of ether oxygens (including phenoxy) is 1. The van der Waals surface area contributed by atoms with Crippen molar-refractivity contribution in [2.24, 2.45) is 0 Å². The lowest BCUT2D eigenvalue weighted by Crippen LogP contribution is -2.37. The highest BCUT2D eigenvalue weighted by atomic mass is 19.4. The Bertz CT molecular complexity index is 1150. The molecule has 1 aliphatic heterocycles. The van der Waals surface area contributed by atoms with E-state index < -0.39 is 11.7 Å². The van der Waals surface area contributed by atoms with E-state index in [4.69, 9.17) is 4.74 Å². The van der Waals surface area contributed by atoms with E-state index in [9.17, 15) is 18.0 Å². The molecule has 1 amide bonds. The highest BCUT2D eigenvalue weighted by Gasteiger charge is 2.31. The molecule has 0 saturated heterocycles. The summed E-state index contributed by atoms with van der Waals surface area (Å²) in [6, 6.07) is 10.8. The van der Waals surface area contributed by atoms with Crippen molar-refractivity contribution in [1.29, 1.82) is 0 Å². The van der Waals surface area contributed by atoms with Gasteiger partial charge in [-0.1, -0.05) is 18.2 Å². The Balaban J connectivity index is 1.66. The summed E-state index contributed by atoms with van der Waals surface area (Å²) in [7, 11) is 1.58. The molecule has 1 aliphatic rings. The normalized spacial score (nSPS) is 13.8. The van der Waals surface area contributed by atoms with Gasteiger partial charge in [-0.05, 0) is 56.5 Å². The lowest BCUT2D eigenvalue weighted by atomic mass is 9.99. The first-order valence-corrected chi connectivity index (χ1v) is 10.4. The van der Waals surface area contributed by atoms with Crippen molar-refractivity contribution in [3.8, 4) is 11.4 Å². The van der Waals surface area contributed by atoms with Crippen LogP contribution in [0.3, 0.4) is 0 Å². The fourth-order valence-electron chi connectivity index (χ4n) is 4.27. The molecule has 3 aromatic rings. The number of para-hydroxylation sites is 1. The van der Waals surface area contributed by atoms with Crippen LogP contribution in [0.15, 0.2) is 42.5 Å². The van der Waals surface area contributed by atoms with E-state index in [1.807, 2.05) is 18.2 Å². The summed E-state index contributed by atoms with van der Waals surface area (Å²) in [4.78, 5) is 15.1. The summed E-state index contributed by atoms with van der Waals surface area (Å²) in [5, 5.41) is 4.43. The van der Waals surface area contributed by atoms with Crippen molar-refractivity contribution in [3.05, 3.63) is 70.5 Å². The molecule has 32 heavy (non-hydrogen) atoms. The zero-order valence-electron chi connectivity index (χ0n) is 18.2. The van der Waals surface area contributed by atoms with Gasteiger partial charge in [0, 0.05) is 17.8 Å². The van der Waals surface area contributed by atoms with Crippen LogP contribution in [0.1, 0.15) is 34.5 Å². The van der Waals surface area contributed by atoms with Gasteiger partial charge in [0.2, 0.25) is 5.91 Å². The molecule has 5 nitrogen and oxygen atoms in total. The van der Waals surface area contributed by atoms with E-state index >= 15 is 0 Å². The summed E-state index contributed by atoms with van der Waals surface area (Å²) in [5.74, 6) is 0.564. The van der Waals surface area contributed by atoms with Crippen LogP contribution in [0.25, 0.3) is 5.69 Å². The highest BCUT2D eigenvalue weighted by molar-refractivity contribution is 5.97. The summed E-state index contributed by atoms with van der Waals surface area (Å²) < 4.78 is 46.4. The number of anilines is 1. The Hall–Kier alpha value is -3.29. The Kier molecular flexibility index (Phi) is 5.71. The zero-order chi connectivity index (χ0) is 23.0. The number of halogens is 3. The average Bonchev–Trinajstić information content (AvgIpc) is 3.06. The van der Waals surface area contributed by atoms with Gasteiger partial charge in [-0.3, -0.25) is 4.79 Å². The second-order valence-corrected chi connectivity index (χ2v) is 7.90. The number of carbonyl (C=O) groups is 1. The van der Waals surface area contributed by atoms with Crippen LogP contribution in [0, 0.1) is 13.8 Å². The quantitative estimate of drug-likeness (QED) is 0.568. The molecule has 0 N–H and O–H groups in total. The van der Waals surface area contributed by atoms with Gasteiger partial charge >= 0.3 is 6.18 Å². The van der Waals surface area contributed by atoms with E-state index in [1.165, 1.54) is 10.7 Å². The summed E-state index contributed by atoms with van der Waals surface area (Å²) in [5.41, 5.74) is 3.41. The second kappa shape index (κ2) is 8.33. The molecule has 2 heterocycles. The lowest BCUT2D eigenvalue weighted by Gasteiger charge is -2.31. The minimum atomic E-state index is -4.44. The highest BCUT2D eigenvalue weighted by Crippen LogP contribution is 2.37. The maximum atomic E-state index is 13.3. The number of amides is 1. The van der Waals surface area contributed by atoms with Crippen LogP contribution in [-0.2, 0) is 23.8 Å². The van der Waals surface area contributed by atoms with Gasteiger partial charge in [-0.15, -0.1) is 0 Å². The number of methoxy groups -OCH3 is 1. The molecular formula is C24H24F3N3O2. The molecule has 1 aromatic heterocycles. The standard InChI is InChI=1S/C24H24F3N3O2/c1-15-20(16(2)30(28-15)19-10-5-9-18(13-19)24(25,26)27)14-22(31)29-12-6-8-17-7-4-11-21(32-3)23(17)29/h4-5,7,9-11,13H,6,8,12,14H2,1-3H3. The van der Waals surface area contributed by atoms with E-state index in [0.29, 0.717) is 29.4 Å². The number of nitrogens with zero attached hydrogens (tertiary/aromatic N) is 3. The third-order valence-electron chi connectivity index (χ3n) is 5.89. The monoisotopic (exact) mass is 443 g/mol. The number of hydrogen-bond donors (Lipinski definition) is 0. The van der Waals surface area contributed by atoms with Gasteiger partial charge < -0.3 is 9.64 Å². The molecule has 0 bridgehead atoms. The van der Waals surface area contributed by atoms with Crippen molar-refractivity contribution >= 4 is 11.6 Å². The molecule has 2 aromatic carbocycles. The first kappa shape index (κ1) is 21.9. The average molecular weight is 443 g/mol. The Morgan fingerprint density at radius 3 is 2.62 bits per heavy atom. The van der Waals surface area contributed by atoms with Crippen LogP contribution in [0.2, 0.25) is 0 Å². The molecule has 4 rings (SSSR count). The Labute approximate surface area is 184 Å². The number of alkyl halides is 3. The predicted octanol–water partition coefficient (Wildman–Crippen LogP) is 5.04. The minimum absolute atomic E-state index is 0.0924. The fourth-order valence-corrected chi connectivity index (χ4v) is 4.27. The maximum absolute atomic E-state index is 13.3. The molecule has 0 saturated carbocycles. The number of benzene rings is 2. The summed E-state index contributed by atoms with van der Waals surface area (Å²) >= 11 is 0. The van der Waals surface area contributed by atoms with Gasteiger partial charge in [0.1, 0.15) is 5.75 Å². The topological polar surface area (TPSA) is 47.4 Å². The maximum Gasteiger partial charge on any atom is 0.416 e. The molecule has 0 fully saturated rings. The zero-order valence-corrected chi connectivity index (χ0v) is 18.2. The van der Waals surface area contributed by atoms with Gasteiger partial charge in [0.05, 0.1) is 36.2 Å². The Morgan fingerprint density at radius 1 is 1.16 bits per heavy atom. The SMILES string of the molecule is COc1cccc2c1N(C(=O)Cc1c(C)nn(-c3cccc(C(F)(F)F)c3)c1C)CCC2. The molecule has 0 atom stereocenters. The lowest BCUT2D eigenvalue weighted by molar-refractivity contribution is -0.137. The second-order valence-electron chi connectivity index (χ2n) is 7.90. The van der Waals surface area contributed by atoms with Crippen LogP contribution < -0.4 is 9.64 Å². The third-order valence-corrected chi connectivity index (χ3v) is 5.89. The van der Waals surface area contributed by atoms with Gasteiger partial charge in [-0.2, -0.15) is 18.3 Å². The van der Waals surface area contributed by atoms with E-state index in [1.54, 1.807) is 31.9 Å². The van der Waals surface area contributed by atoms with Gasteiger partial charge in [0.15, 0.2) is 0 Å². The summed E-state index contributed by atoms with van der Waals surface area (Å²) in [6.45, 7) is 4.13. The van der Waals surface area contributed by atoms with Crippen LogP contribution in [0.5, 0.6) is 5.75 Å². The number of aromatic nitrogens is 2. The van der Waals surface area contributed by atoms with E-state index in [0.717, 1.165) is 41.8 Å². The molecule has 0 spiro atoms. The predicted molar refractivity (Wildman–Crippen MR) is 115 cm³/mol. The molecule has 0 aliphatic carbocycles. The number of carbonyl (C=O) groups excluding carboxylic acids is 1. The first-order valence-electron chi connectivity index (χ1n) is 10.4. The third kappa shape index (κ3) is 3.97. The molecule has 0 unspecified atom stereocenters. The van der Waals surface area contributed by atoms with Crippen molar-refractivity contribution in [2.45, 2.75) is 39.3 Å². The van der Waals surface area contributed by atoms with E-state index in [2.05, 4.69) is 5.10 Å². The van der Waals surface area contributed by atoms with Crippen molar-refractivity contribution in [3.63, 3.8) is 0 Å². The fraction of sp³-hybridized carbons (Fsp3) is 0.333. The molecule has 0 radical (unpaired) electrons. The largest absolute Gasteiger partial charge is 0.495 e. The molecule has 8 heteroatoms. The number of aryl methyl sites for hydroxylation is 2. The van der Waals surface area contributed by atoms with Crippen molar-refractivity contribution in [2.75, 3.05) is 18.6 Å². The van der Waals surface area contributed by atoms with Crippen LogP contribution in [-0.4, -0.2) is 29.3 Å². The smallest absolute Gasteiger partial charge is 0.416 e. The minimum Gasteiger partial charge on any atom is -0.495 e. The number of hydrogen-bond acceptors (Lipinski definition) is 3. The molecular weight excluding hydrogens is 419 g/mol.